The topological polar surface area (TPSA) is 49.4 Å². The van der Waals surface area contributed by atoms with Crippen molar-refractivity contribution >= 4 is 29.3 Å². The van der Waals surface area contributed by atoms with Crippen LogP contribution in [-0.2, 0) is 4.79 Å². The highest BCUT2D eigenvalue weighted by atomic mass is 32.2. The molecular weight excluding hydrogens is 370 g/mol. The van der Waals surface area contributed by atoms with Crippen LogP contribution in [0, 0.1) is 11.6 Å². The first-order valence-electron chi connectivity index (χ1n) is 8.80. The van der Waals surface area contributed by atoms with Gasteiger partial charge in [0.15, 0.2) is 11.6 Å². The fourth-order valence-corrected chi connectivity index (χ4v) is 3.72. The monoisotopic (exact) mass is 390 g/mol. The van der Waals surface area contributed by atoms with E-state index >= 15 is 0 Å². The van der Waals surface area contributed by atoms with Crippen molar-refractivity contribution < 1.29 is 18.4 Å². The standard InChI is InChI=1S/C20H20F2N2O2S/c21-17-8-7-16(13-18(17)22)27-12-9-19(25)23-15-5-3-14(4-6-15)20(26)24-10-1-2-11-24/h3-8,13H,1-2,9-12H2,(H,23,25). The minimum atomic E-state index is -0.895. The maximum Gasteiger partial charge on any atom is 0.253 e. The summed E-state index contributed by atoms with van der Waals surface area (Å²) in [7, 11) is 0. The van der Waals surface area contributed by atoms with Gasteiger partial charge in [-0.05, 0) is 55.3 Å². The van der Waals surface area contributed by atoms with E-state index in [9.17, 15) is 18.4 Å². The lowest BCUT2D eigenvalue weighted by Gasteiger charge is -2.15. The molecule has 0 aromatic heterocycles. The molecular formula is C20H20F2N2O2S. The highest BCUT2D eigenvalue weighted by Gasteiger charge is 2.19. The van der Waals surface area contributed by atoms with Crippen LogP contribution < -0.4 is 5.32 Å². The molecule has 0 aliphatic carbocycles. The predicted molar refractivity (Wildman–Crippen MR) is 102 cm³/mol. The van der Waals surface area contributed by atoms with Gasteiger partial charge in [-0.15, -0.1) is 11.8 Å². The van der Waals surface area contributed by atoms with Crippen LogP contribution in [-0.4, -0.2) is 35.6 Å². The van der Waals surface area contributed by atoms with Crippen LogP contribution in [0.5, 0.6) is 0 Å². The molecule has 1 heterocycles. The van der Waals surface area contributed by atoms with E-state index in [2.05, 4.69) is 5.32 Å². The number of benzene rings is 2. The normalized spacial score (nSPS) is 13.6. The lowest BCUT2D eigenvalue weighted by Crippen LogP contribution is -2.27. The zero-order valence-corrected chi connectivity index (χ0v) is 15.5. The lowest BCUT2D eigenvalue weighted by atomic mass is 10.2. The number of anilines is 1. The number of carbonyl (C=O) groups excluding carboxylic acids is 2. The Morgan fingerprint density at radius 2 is 1.70 bits per heavy atom. The van der Waals surface area contributed by atoms with Gasteiger partial charge < -0.3 is 10.2 Å². The van der Waals surface area contributed by atoms with E-state index in [-0.39, 0.29) is 18.2 Å². The van der Waals surface area contributed by atoms with Crippen molar-refractivity contribution in [2.75, 3.05) is 24.2 Å². The average molecular weight is 390 g/mol. The molecule has 0 saturated carbocycles. The van der Waals surface area contributed by atoms with E-state index in [0.717, 1.165) is 38.1 Å². The molecule has 0 bridgehead atoms. The number of nitrogens with one attached hydrogen (secondary N) is 1. The second-order valence-corrected chi connectivity index (χ2v) is 7.47. The van der Waals surface area contributed by atoms with Crippen LogP contribution in [0.3, 0.4) is 0 Å². The van der Waals surface area contributed by atoms with E-state index in [1.807, 2.05) is 4.90 Å². The number of amides is 2. The molecule has 4 nitrogen and oxygen atoms in total. The van der Waals surface area contributed by atoms with Crippen LogP contribution in [0.2, 0.25) is 0 Å². The van der Waals surface area contributed by atoms with Gasteiger partial charge in [0.1, 0.15) is 0 Å². The van der Waals surface area contributed by atoms with Crippen LogP contribution in [0.15, 0.2) is 47.4 Å². The molecule has 0 unspecified atom stereocenters. The van der Waals surface area contributed by atoms with Gasteiger partial charge in [-0.1, -0.05) is 0 Å². The Hall–Kier alpha value is -2.41. The molecule has 2 aromatic rings. The summed E-state index contributed by atoms with van der Waals surface area (Å²) in [4.78, 5) is 26.7. The molecule has 1 fully saturated rings. The molecule has 0 radical (unpaired) electrons. The van der Waals surface area contributed by atoms with Crippen molar-refractivity contribution in [1.82, 2.24) is 4.90 Å². The summed E-state index contributed by atoms with van der Waals surface area (Å²) in [5.41, 5.74) is 1.24. The highest BCUT2D eigenvalue weighted by molar-refractivity contribution is 7.99. The predicted octanol–water partition coefficient (Wildman–Crippen LogP) is 4.32. The second kappa shape index (κ2) is 8.99. The summed E-state index contributed by atoms with van der Waals surface area (Å²) >= 11 is 1.28. The van der Waals surface area contributed by atoms with Crippen LogP contribution >= 0.6 is 11.8 Å². The zero-order chi connectivity index (χ0) is 19.2. The first-order chi connectivity index (χ1) is 13.0. The third kappa shape index (κ3) is 5.29. The molecule has 1 saturated heterocycles. The van der Waals surface area contributed by atoms with Gasteiger partial charge in [-0.2, -0.15) is 0 Å². The summed E-state index contributed by atoms with van der Waals surface area (Å²) in [6, 6.07) is 10.5. The first-order valence-corrected chi connectivity index (χ1v) is 9.78. The van der Waals surface area contributed by atoms with Crippen molar-refractivity contribution in [1.29, 1.82) is 0 Å². The van der Waals surface area contributed by atoms with E-state index in [0.29, 0.717) is 21.9 Å². The summed E-state index contributed by atoms with van der Waals surface area (Å²) in [5.74, 6) is -1.49. The third-order valence-corrected chi connectivity index (χ3v) is 5.29. The number of rotatable bonds is 6. The Balaban J connectivity index is 1.46. The SMILES string of the molecule is O=C(CCSc1ccc(F)c(F)c1)Nc1ccc(C(=O)N2CCCC2)cc1. The number of halogens is 2. The number of thioether (sulfide) groups is 1. The summed E-state index contributed by atoms with van der Waals surface area (Å²) in [6.07, 6.45) is 2.32. The van der Waals surface area contributed by atoms with Gasteiger partial charge >= 0.3 is 0 Å². The van der Waals surface area contributed by atoms with Crippen LogP contribution in [0.1, 0.15) is 29.6 Å². The minimum Gasteiger partial charge on any atom is -0.339 e. The molecule has 2 amide bonds. The van der Waals surface area contributed by atoms with E-state index < -0.39 is 11.6 Å². The molecule has 0 atom stereocenters. The maximum absolute atomic E-state index is 13.1. The Labute approximate surface area is 160 Å². The summed E-state index contributed by atoms with van der Waals surface area (Å²) in [5, 5.41) is 2.77. The Morgan fingerprint density at radius 1 is 1.00 bits per heavy atom. The summed E-state index contributed by atoms with van der Waals surface area (Å²) in [6.45, 7) is 1.60. The van der Waals surface area contributed by atoms with E-state index in [4.69, 9.17) is 0 Å². The fraction of sp³-hybridized carbons (Fsp3) is 0.300. The number of nitrogens with zero attached hydrogens (tertiary/aromatic N) is 1. The largest absolute Gasteiger partial charge is 0.339 e. The van der Waals surface area contributed by atoms with Gasteiger partial charge in [-0.25, -0.2) is 8.78 Å². The zero-order valence-electron chi connectivity index (χ0n) is 14.7. The summed E-state index contributed by atoms with van der Waals surface area (Å²) < 4.78 is 26.0. The maximum atomic E-state index is 13.1. The molecule has 3 rings (SSSR count). The second-order valence-electron chi connectivity index (χ2n) is 6.30. The molecule has 0 spiro atoms. The molecule has 1 aliphatic heterocycles. The van der Waals surface area contributed by atoms with Crippen LogP contribution in [0.4, 0.5) is 14.5 Å². The van der Waals surface area contributed by atoms with Crippen molar-refractivity contribution in [3.8, 4) is 0 Å². The van der Waals surface area contributed by atoms with Gasteiger partial charge in [0.25, 0.3) is 5.91 Å². The van der Waals surface area contributed by atoms with E-state index in [1.165, 1.54) is 17.8 Å². The lowest BCUT2D eigenvalue weighted by molar-refractivity contribution is -0.115. The first kappa shape index (κ1) is 19.4. The van der Waals surface area contributed by atoms with Crippen molar-refractivity contribution in [2.24, 2.45) is 0 Å². The Kier molecular flexibility index (Phi) is 6.45. The smallest absolute Gasteiger partial charge is 0.253 e. The minimum absolute atomic E-state index is 0.0216. The number of hydrogen-bond acceptors (Lipinski definition) is 3. The van der Waals surface area contributed by atoms with Crippen molar-refractivity contribution in [2.45, 2.75) is 24.2 Å². The average Bonchev–Trinajstić information content (AvgIpc) is 3.19. The van der Waals surface area contributed by atoms with Gasteiger partial charge in [0.05, 0.1) is 0 Å². The molecule has 1 N–H and O–H groups in total. The molecule has 2 aromatic carbocycles. The number of likely N-dealkylation sites (tertiary alicyclic amines) is 1. The van der Waals surface area contributed by atoms with Gasteiger partial charge in [0, 0.05) is 41.4 Å². The molecule has 142 valence electrons. The van der Waals surface area contributed by atoms with E-state index in [1.54, 1.807) is 24.3 Å². The molecule has 7 heteroatoms. The Bertz CT molecular complexity index is 821. The molecule has 1 aliphatic rings. The van der Waals surface area contributed by atoms with Gasteiger partial charge in [0.2, 0.25) is 5.91 Å². The number of hydrogen-bond donors (Lipinski definition) is 1. The third-order valence-electron chi connectivity index (χ3n) is 4.30. The fourth-order valence-electron chi connectivity index (χ4n) is 2.85. The van der Waals surface area contributed by atoms with Crippen molar-refractivity contribution in [3.63, 3.8) is 0 Å². The van der Waals surface area contributed by atoms with Crippen LogP contribution in [0.25, 0.3) is 0 Å². The quantitative estimate of drug-likeness (QED) is 0.748. The van der Waals surface area contributed by atoms with Gasteiger partial charge in [-0.3, -0.25) is 9.59 Å². The Morgan fingerprint density at radius 3 is 2.37 bits per heavy atom. The highest BCUT2D eigenvalue weighted by Crippen LogP contribution is 2.21. The number of carbonyl (C=O) groups is 2. The molecule has 27 heavy (non-hydrogen) atoms. The van der Waals surface area contributed by atoms with Crippen molar-refractivity contribution in [3.05, 3.63) is 59.7 Å².